The topological polar surface area (TPSA) is 138 Å². The lowest BCUT2D eigenvalue weighted by atomic mass is 10.1. The van der Waals surface area contributed by atoms with E-state index in [0.717, 1.165) is 29.6 Å². The van der Waals surface area contributed by atoms with Crippen LogP contribution in [0.4, 0.5) is 4.39 Å². The third kappa shape index (κ3) is 5.39. The van der Waals surface area contributed by atoms with Gasteiger partial charge in [0.2, 0.25) is 5.82 Å². The summed E-state index contributed by atoms with van der Waals surface area (Å²) >= 11 is 0. The van der Waals surface area contributed by atoms with Crippen LogP contribution in [0.2, 0.25) is 0 Å². The number of halogens is 1. The predicted molar refractivity (Wildman–Crippen MR) is 115 cm³/mol. The Morgan fingerprint density at radius 1 is 1.00 bits per heavy atom. The fraction of sp³-hybridized carbons (Fsp3) is 0.136. The minimum Gasteiger partial charge on any atom is -0.347 e. The third-order valence-corrected chi connectivity index (χ3v) is 4.62. The van der Waals surface area contributed by atoms with Gasteiger partial charge in [0, 0.05) is 24.7 Å². The van der Waals surface area contributed by atoms with E-state index in [2.05, 4.69) is 41.2 Å². The quantitative estimate of drug-likeness (QED) is 0.393. The van der Waals surface area contributed by atoms with Gasteiger partial charge in [-0.3, -0.25) is 9.59 Å². The summed E-state index contributed by atoms with van der Waals surface area (Å²) < 4.78 is 29.8. The second-order valence-electron chi connectivity index (χ2n) is 6.95. The van der Waals surface area contributed by atoms with Gasteiger partial charge in [-0.15, -0.1) is 10.2 Å². The average molecular weight is 448 g/mol. The summed E-state index contributed by atoms with van der Waals surface area (Å²) in [6, 6.07) is 12.0. The highest BCUT2D eigenvalue weighted by Gasteiger charge is 2.13. The van der Waals surface area contributed by atoms with E-state index in [-0.39, 0.29) is 29.1 Å². The van der Waals surface area contributed by atoms with Crippen molar-refractivity contribution in [1.82, 2.24) is 41.2 Å². The van der Waals surface area contributed by atoms with Gasteiger partial charge in [0.25, 0.3) is 11.8 Å². The summed E-state index contributed by atoms with van der Waals surface area (Å²) in [4.78, 5) is 32.9. The van der Waals surface area contributed by atoms with E-state index in [0.29, 0.717) is 5.82 Å². The fourth-order valence-corrected chi connectivity index (χ4v) is 2.85. The molecule has 0 radical (unpaired) electrons. The molecular weight excluding hydrogens is 427 g/mol. The zero-order valence-electron chi connectivity index (χ0n) is 19.3. The van der Waals surface area contributed by atoms with Crippen molar-refractivity contribution in [1.29, 1.82) is 0 Å². The molecule has 10 nitrogen and oxygen atoms in total. The van der Waals surface area contributed by atoms with Crippen LogP contribution >= 0.6 is 0 Å². The second kappa shape index (κ2) is 9.73. The first-order chi connectivity index (χ1) is 16.7. The van der Waals surface area contributed by atoms with Crippen LogP contribution in [0.15, 0.2) is 54.9 Å². The van der Waals surface area contributed by atoms with Crippen molar-refractivity contribution in [3.05, 3.63) is 88.8 Å². The van der Waals surface area contributed by atoms with E-state index in [4.69, 9.17) is 2.74 Å². The Bertz CT molecular complexity index is 1360. The molecule has 0 aliphatic carbocycles. The van der Waals surface area contributed by atoms with Crippen LogP contribution in [-0.2, 0) is 13.0 Å². The lowest BCUT2D eigenvalue weighted by Gasteiger charge is -2.08. The molecule has 4 aromatic rings. The van der Waals surface area contributed by atoms with Crippen molar-refractivity contribution in [2.45, 2.75) is 20.0 Å². The number of tetrazole rings is 1. The summed E-state index contributed by atoms with van der Waals surface area (Å²) in [7, 11) is 0. The Kier molecular flexibility index (Phi) is 5.65. The average Bonchev–Trinajstić information content (AvgIpc) is 3.39. The normalized spacial score (nSPS) is 11.9. The van der Waals surface area contributed by atoms with Crippen LogP contribution in [0.5, 0.6) is 0 Å². The number of rotatable bonds is 7. The van der Waals surface area contributed by atoms with Crippen molar-refractivity contribution in [2.24, 2.45) is 0 Å². The molecule has 0 saturated carbocycles. The predicted octanol–water partition coefficient (Wildman–Crippen LogP) is 1.96. The number of nitrogens with one attached hydrogen (secondary N) is 3. The molecule has 0 fully saturated rings. The number of benzene rings is 2. The van der Waals surface area contributed by atoms with E-state index in [9.17, 15) is 14.0 Å². The molecule has 4 rings (SSSR count). The van der Waals surface area contributed by atoms with Crippen LogP contribution in [0.25, 0.3) is 11.4 Å². The molecule has 3 N–H and O–H groups in total. The summed E-state index contributed by atoms with van der Waals surface area (Å²) in [6.45, 7) is -0.603. The largest absolute Gasteiger partial charge is 0.347 e. The van der Waals surface area contributed by atoms with Crippen molar-refractivity contribution in [3.63, 3.8) is 0 Å². The maximum atomic E-state index is 13.5. The molecule has 2 heterocycles. The number of amides is 2. The lowest BCUT2D eigenvalue weighted by Crippen LogP contribution is -2.27. The van der Waals surface area contributed by atoms with Gasteiger partial charge in [0.05, 0.1) is 2.74 Å². The Morgan fingerprint density at radius 3 is 2.36 bits per heavy atom. The van der Waals surface area contributed by atoms with E-state index in [1.165, 1.54) is 19.1 Å². The number of aryl methyl sites for hydroxylation is 1. The molecule has 0 unspecified atom stereocenters. The standard InChI is InChI=1S/C22H19FN8O2/c1-13-8-15(4-7-17(13)23)11-25-22(33)19-9-18(26-12-27-19)21(32)24-10-14-2-5-16(6-3-14)20-28-30-31-29-20/h2-9,12H,10-11H2,1H3,(H,24,32)(H,25,33)(H,28,29,30,31)/i11D2. The first kappa shape index (κ1) is 19.2. The Hall–Kier alpha value is -4.54. The molecule has 33 heavy (non-hydrogen) atoms. The van der Waals surface area contributed by atoms with E-state index in [1.54, 1.807) is 24.3 Å². The molecule has 2 aromatic heterocycles. The molecule has 0 aliphatic heterocycles. The zero-order valence-corrected chi connectivity index (χ0v) is 17.3. The SMILES string of the molecule is [2H]C([2H])(NC(=O)c1cc(C(=O)NCc2ccc(-c3nn[nH]n3)cc2)ncn1)c1ccc(F)c(C)c1. The summed E-state index contributed by atoms with van der Waals surface area (Å²) in [5.74, 6) is -1.43. The van der Waals surface area contributed by atoms with Gasteiger partial charge in [0.15, 0.2) is 0 Å². The van der Waals surface area contributed by atoms with Gasteiger partial charge in [-0.05, 0) is 34.9 Å². The number of hydrogen-bond acceptors (Lipinski definition) is 7. The van der Waals surface area contributed by atoms with Crippen molar-refractivity contribution < 1.29 is 16.7 Å². The molecule has 0 atom stereocenters. The number of aromatic nitrogens is 6. The van der Waals surface area contributed by atoms with Gasteiger partial charge in [0.1, 0.15) is 23.5 Å². The monoisotopic (exact) mass is 448 g/mol. The fourth-order valence-electron chi connectivity index (χ4n) is 2.85. The van der Waals surface area contributed by atoms with E-state index in [1.807, 2.05) is 0 Å². The van der Waals surface area contributed by atoms with Crippen molar-refractivity contribution >= 4 is 11.8 Å². The van der Waals surface area contributed by atoms with Gasteiger partial charge in [-0.1, -0.05) is 36.4 Å². The van der Waals surface area contributed by atoms with Gasteiger partial charge < -0.3 is 10.6 Å². The molecule has 2 aromatic carbocycles. The first-order valence-corrected chi connectivity index (χ1v) is 9.75. The highest BCUT2D eigenvalue weighted by atomic mass is 19.1. The smallest absolute Gasteiger partial charge is 0.270 e. The van der Waals surface area contributed by atoms with Crippen LogP contribution < -0.4 is 10.6 Å². The third-order valence-electron chi connectivity index (χ3n) is 4.62. The van der Waals surface area contributed by atoms with Gasteiger partial charge in [-0.25, -0.2) is 14.4 Å². The molecule has 0 spiro atoms. The number of hydrogen-bond donors (Lipinski definition) is 3. The molecule has 0 bridgehead atoms. The first-order valence-electron chi connectivity index (χ1n) is 10.7. The van der Waals surface area contributed by atoms with Crippen molar-refractivity contribution in [3.8, 4) is 11.4 Å². The molecule has 2 amide bonds. The highest BCUT2D eigenvalue weighted by Crippen LogP contribution is 2.14. The number of H-pyrrole nitrogens is 1. The number of nitrogens with zero attached hydrogens (tertiary/aromatic N) is 5. The maximum Gasteiger partial charge on any atom is 0.270 e. The molecule has 0 saturated heterocycles. The van der Waals surface area contributed by atoms with Gasteiger partial charge in [-0.2, -0.15) is 5.21 Å². The summed E-state index contributed by atoms with van der Waals surface area (Å²) in [5.41, 5.74) is 1.62. The number of carbonyl (C=O) groups excluding carboxylic acids is 2. The summed E-state index contributed by atoms with van der Waals surface area (Å²) in [6.07, 6.45) is 1.04. The minimum atomic E-state index is -2.30. The van der Waals surface area contributed by atoms with Gasteiger partial charge >= 0.3 is 0 Å². The number of carbonyl (C=O) groups is 2. The molecule has 11 heteroatoms. The second-order valence-corrected chi connectivity index (χ2v) is 6.95. The van der Waals surface area contributed by atoms with E-state index < -0.39 is 24.1 Å². The lowest BCUT2D eigenvalue weighted by molar-refractivity contribution is 0.0944. The highest BCUT2D eigenvalue weighted by molar-refractivity contribution is 5.97. The van der Waals surface area contributed by atoms with E-state index >= 15 is 0 Å². The van der Waals surface area contributed by atoms with Crippen molar-refractivity contribution in [2.75, 3.05) is 0 Å². The van der Waals surface area contributed by atoms with Crippen LogP contribution in [-0.4, -0.2) is 42.4 Å². The Morgan fingerprint density at radius 2 is 1.70 bits per heavy atom. The Labute approximate surface area is 190 Å². The number of aromatic amines is 1. The maximum absolute atomic E-state index is 13.5. The molecule has 166 valence electrons. The van der Waals surface area contributed by atoms with Crippen LogP contribution in [0.1, 0.15) is 40.4 Å². The van der Waals surface area contributed by atoms with Crippen LogP contribution in [0.3, 0.4) is 0 Å². The molecular formula is C22H19FN8O2. The zero-order chi connectivity index (χ0) is 25.0. The molecule has 0 aliphatic rings. The Balaban J connectivity index is 1.40. The minimum absolute atomic E-state index is 0.0632. The van der Waals surface area contributed by atoms with Crippen LogP contribution in [0, 0.1) is 12.7 Å². The summed E-state index contributed by atoms with van der Waals surface area (Å²) in [5, 5.41) is 18.6.